The summed E-state index contributed by atoms with van der Waals surface area (Å²) in [5.74, 6) is -0.243. The summed E-state index contributed by atoms with van der Waals surface area (Å²) in [7, 11) is -3.68. The van der Waals surface area contributed by atoms with Gasteiger partial charge >= 0.3 is 0 Å². The van der Waals surface area contributed by atoms with Crippen molar-refractivity contribution in [2.24, 2.45) is 5.92 Å². The van der Waals surface area contributed by atoms with Crippen LogP contribution in [-0.2, 0) is 26.1 Å². The zero-order chi connectivity index (χ0) is 22.6. The minimum Gasteiger partial charge on any atom is -0.379 e. The molecule has 32 heavy (non-hydrogen) atoms. The number of nitrogens with one attached hydrogen (secondary N) is 1. The van der Waals surface area contributed by atoms with Gasteiger partial charge in [-0.05, 0) is 31.0 Å². The molecular weight excluding hydrogens is 435 g/mol. The molecule has 2 fully saturated rings. The van der Waals surface area contributed by atoms with E-state index in [1.54, 1.807) is 36.5 Å². The number of hydrogen-bond donors (Lipinski definition) is 1. The Hall–Kier alpha value is -2.56. The van der Waals surface area contributed by atoms with E-state index in [0.717, 1.165) is 0 Å². The van der Waals surface area contributed by atoms with Crippen LogP contribution in [0.4, 0.5) is 10.2 Å². The summed E-state index contributed by atoms with van der Waals surface area (Å²) in [6, 6.07) is 9.57. The lowest BCUT2D eigenvalue weighted by Crippen LogP contribution is -2.43. The summed E-state index contributed by atoms with van der Waals surface area (Å²) in [6.07, 6.45) is 2.72. The van der Waals surface area contributed by atoms with Gasteiger partial charge in [0.15, 0.2) is 0 Å². The molecule has 2 aromatic rings. The summed E-state index contributed by atoms with van der Waals surface area (Å²) in [4.78, 5) is 19.1. The molecule has 0 bridgehead atoms. The molecule has 0 unspecified atom stereocenters. The van der Waals surface area contributed by atoms with E-state index >= 15 is 0 Å². The number of halogens is 1. The van der Waals surface area contributed by atoms with E-state index in [0.29, 0.717) is 63.6 Å². The molecule has 0 radical (unpaired) electrons. The van der Waals surface area contributed by atoms with Crippen molar-refractivity contribution in [3.8, 4) is 0 Å². The van der Waals surface area contributed by atoms with Gasteiger partial charge < -0.3 is 15.0 Å². The Balaban J connectivity index is 1.39. The molecule has 8 nitrogen and oxygen atoms in total. The van der Waals surface area contributed by atoms with Crippen molar-refractivity contribution in [2.75, 3.05) is 44.3 Å². The lowest BCUT2D eigenvalue weighted by atomic mass is 9.95. The lowest BCUT2D eigenvalue weighted by Gasteiger charge is -2.34. The highest BCUT2D eigenvalue weighted by Crippen LogP contribution is 2.29. The van der Waals surface area contributed by atoms with Crippen molar-refractivity contribution < 1.29 is 22.3 Å². The molecule has 0 spiro atoms. The highest BCUT2D eigenvalue weighted by Gasteiger charge is 2.33. The van der Waals surface area contributed by atoms with E-state index in [4.69, 9.17) is 4.74 Å². The minimum atomic E-state index is -3.68. The van der Waals surface area contributed by atoms with Gasteiger partial charge in [-0.25, -0.2) is 17.8 Å². The maximum atomic E-state index is 13.8. The van der Waals surface area contributed by atoms with Gasteiger partial charge in [-0.15, -0.1) is 0 Å². The predicted molar refractivity (Wildman–Crippen MR) is 117 cm³/mol. The van der Waals surface area contributed by atoms with Crippen molar-refractivity contribution in [1.82, 2.24) is 14.6 Å². The highest BCUT2D eigenvalue weighted by molar-refractivity contribution is 7.89. The fourth-order valence-corrected chi connectivity index (χ4v) is 5.64. The highest BCUT2D eigenvalue weighted by atomic mass is 32.2. The number of ether oxygens (including phenoxy) is 1. The zero-order valence-electron chi connectivity index (χ0n) is 17.7. The average Bonchev–Trinajstić information content (AvgIpc) is 2.84. The molecule has 1 N–H and O–H groups in total. The molecule has 0 saturated carbocycles. The lowest BCUT2D eigenvalue weighted by molar-refractivity contribution is -0.125. The second kappa shape index (κ2) is 9.93. The van der Waals surface area contributed by atoms with E-state index in [1.807, 2.05) is 4.90 Å². The third-order valence-corrected chi connectivity index (χ3v) is 7.83. The van der Waals surface area contributed by atoms with Crippen LogP contribution in [0, 0.1) is 11.7 Å². The molecule has 3 heterocycles. The number of anilines is 1. The van der Waals surface area contributed by atoms with Crippen LogP contribution in [0.25, 0.3) is 0 Å². The van der Waals surface area contributed by atoms with Crippen LogP contribution < -0.4 is 10.2 Å². The number of piperidine rings is 1. The van der Waals surface area contributed by atoms with Gasteiger partial charge in [0.05, 0.1) is 13.2 Å². The van der Waals surface area contributed by atoms with Crippen LogP contribution in [0.3, 0.4) is 0 Å². The first-order chi connectivity index (χ1) is 15.5. The number of rotatable bonds is 6. The number of pyridine rings is 1. The van der Waals surface area contributed by atoms with Crippen LogP contribution in [0.15, 0.2) is 47.5 Å². The molecule has 172 valence electrons. The van der Waals surface area contributed by atoms with Crippen LogP contribution in [0.1, 0.15) is 18.4 Å². The van der Waals surface area contributed by atoms with Crippen molar-refractivity contribution in [3.05, 3.63) is 54.0 Å². The predicted octanol–water partition coefficient (Wildman–Crippen LogP) is 1.77. The monoisotopic (exact) mass is 462 g/mol. The van der Waals surface area contributed by atoms with E-state index in [-0.39, 0.29) is 29.1 Å². The normalized spacial score (nSPS) is 18.5. The number of aromatic nitrogens is 1. The van der Waals surface area contributed by atoms with Gasteiger partial charge in [0.25, 0.3) is 0 Å². The second-order valence-electron chi connectivity index (χ2n) is 7.91. The van der Waals surface area contributed by atoms with Gasteiger partial charge in [-0.3, -0.25) is 4.79 Å². The second-order valence-corrected chi connectivity index (χ2v) is 9.82. The smallest absolute Gasteiger partial charge is 0.246 e. The summed E-state index contributed by atoms with van der Waals surface area (Å²) in [6.45, 7) is 2.57. The number of hydrogen-bond acceptors (Lipinski definition) is 6. The Morgan fingerprint density at radius 3 is 2.53 bits per heavy atom. The van der Waals surface area contributed by atoms with Crippen LogP contribution in [-0.4, -0.2) is 63.0 Å². The number of amides is 1. The van der Waals surface area contributed by atoms with Crippen molar-refractivity contribution in [2.45, 2.75) is 24.3 Å². The average molecular weight is 463 g/mol. The topological polar surface area (TPSA) is 91.8 Å². The van der Waals surface area contributed by atoms with Crippen LogP contribution in [0.2, 0.25) is 0 Å². The molecule has 10 heteroatoms. The molecular formula is C22H27FN4O4S. The van der Waals surface area contributed by atoms with Gasteiger partial charge in [-0.1, -0.05) is 18.2 Å². The third-order valence-electron chi connectivity index (χ3n) is 5.91. The number of sulfonamides is 1. The Morgan fingerprint density at radius 2 is 1.81 bits per heavy atom. The zero-order valence-corrected chi connectivity index (χ0v) is 18.6. The molecule has 2 aliphatic rings. The van der Waals surface area contributed by atoms with E-state index in [1.165, 1.54) is 10.4 Å². The maximum Gasteiger partial charge on any atom is 0.246 e. The molecule has 1 aromatic heterocycles. The fourth-order valence-electron chi connectivity index (χ4n) is 4.07. The van der Waals surface area contributed by atoms with Crippen molar-refractivity contribution in [1.29, 1.82) is 0 Å². The Bertz CT molecular complexity index is 1050. The van der Waals surface area contributed by atoms with E-state index < -0.39 is 10.0 Å². The quantitative estimate of drug-likeness (QED) is 0.704. The Labute approximate surface area is 187 Å². The first kappa shape index (κ1) is 22.6. The van der Waals surface area contributed by atoms with Crippen molar-refractivity contribution in [3.63, 3.8) is 0 Å². The van der Waals surface area contributed by atoms with Crippen LogP contribution >= 0.6 is 0 Å². The third kappa shape index (κ3) is 4.92. The SMILES string of the molecule is O=C(NCc1ccccc1F)C1CCN(c2ncccc2S(=O)(=O)N2CCOCC2)CC1. The van der Waals surface area contributed by atoms with E-state index in [2.05, 4.69) is 10.3 Å². The summed E-state index contributed by atoms with van der Waals surface area (Å²) in [5.41, 5.74) is 0.449. The van der Waals surface area contributed by atoms with Crippen molar-refractivity contribution >= 4 is 21.7 Å². The van der Waals surface area contributed by atoms with Gasteiger partial charge in [0, 0.05) is 50.4 Å². The first-order valence-corrected chi connectivity index (χ1v) is 12.2. The number of benzene rings is 1. The standard InChI is InChI=1S/C22H27FN4O4S/c23-19-5-2-1-4-18(19)16-25-22(28)17-7-10-26(11-8-17)21-20(6-3-9-24-21)32(29,30)27-12-14-31-15-13-27/h1-6,9,17H,7-8,10-16H2,(H,25,28). The molecule has 0 aliphatic carbocycles. The van der Waals surface area contributed by atoms with Gasteiger partial charge in [0.2, 0.25) is 15.9 Å². The molecule has 1 amide bonds. The van der Waals surface area contributed by atoms with Crippen LogP contribution in [0.5, 0.6) is 0 Å². The number of carbonyl (C=O) groups excluding carboxylic acids is 1. The van der Waals surface area contributed by atoms with E-state index in [9.17, 15) is 17.6 Å². The summed E-state index contributed by atoms with van der Waals surface area (Å²) < 4.78 is 46.8. The largest absolute Gasteiger partial charge is 0.379 e. The van der Waals surface area contributed by atoms with Gasteiger partial charge in [0.1, 0.15) is 16.5 Å². The summed E-state index contributed by atoms with van der Waals surface area (Å²) >= 11 is 0. The number of morpholine rings is 1. The van der Waals surface area contributed by atoms with Gasteiger partial charge in [-0.2, -0.15) is 4.31 Å². The maximum absolute atomic E-state index is 13.8. The molecule has 4 rings (SSSR count). The Morgan fingerprint density at radius 1 is 1.09 bits per heavy atom. The summed E-state index contributed by atoms with van der Waals surface area (Å²) in [5, 5.41) is 2.82. The molecule has 2 aliphatic heterocycles. The minimum absolute atomic E-state index is 0.116. The molecule has 1 aromatic carbocycles. The molecule has 2 saturated heterocycles. The number of carbonyl (C=O) groups is 1. The molecule has 0 atom stereocenters. The first-order valence-electron chi connectivity index (χ1n) is 10.8. The Kier molecular flexibility index (Phi) is 7.02. The fraction of sp³-hybridized carbons (Fsp3) is 0.455. The number of nitrogens with zero attached hydrogens (tertiary/aromatic N) is 3.